The molecule has 2 rings (SSSR count). The molecule has 1 heterocycles. The molecule has 1 amide bonds. The van der Waals surface area contributed by atoms with Gasteiger partial charge in [-0.3, -0.25) is 9.48 Å². The molecule has 2 aromatic rings. The van der Waals surface area contributed by atoms with Crippen molar-refractivity contribution in [2.24, 2.45) is 7.05 Å². The first-order chi connectivity index (χ1) is 8.06. The van der Waals surface area contributed by atoms with Gasteiger partial charge in [-0.05, 0) is 18.2 Å². The maximum Gasteiger partial charge on any atom is 0.255 e. The van der Waals surface area contributed by atoms with Gasteiger partial charge in [0.15, 0.2) is 11.5 Å². The normalized spacial score (nSPS) is 10.2. The summed E-state index contributed by atoms with van der Waals surface area (Å²) in [7, 11) is 1.74. The van der Waals surface area contributed by atoms with Gasteiger partial charge in [0.2, 0.25) is 0 Å². The van der Waals surface area contributed by atoms with E-state index < -0.39 is 0 Å². The Bertz CT molecular complexity index is 563. The van der Waals surface area contributed by atoms with E-state index in [0.717, 1.165) is 0 Å². The Morgan fingerprint density at radius 2 is 2.12 bits per heavy atom. The fourth-order valence-electron chi connectivity index (χ4n) is 1.35. The van der Waals surface area contributed by atoms with E-state index in [1.54, 1.807) is 17.9 Å². The van der Waals surface area contributed by atoms with Crippen LogP contribution >= 0.6 is 0 Å². The highest BCUT2D eigenvalue weighted by atomic mass is 16.3. The van der Waals surface area contributed by atoms with Gasteiger partial charge in [-0.25, -0.2) is 0 Å². The highest BCUT2D eigenvalue weighted by molar-refractivity contribution is 6.04. The molecule has 0 aliphatic carbocycles. The summed E-state index contributed by atoms with van der Waals surface area (Å²) in [5, 5.41) is 24.9. The second-order valence-corrected chi connectivity index (χ2v) is 3.56. The molecule has 0 aliphatic heterocycles. The number of aryl methyl sites for hydroxylation is 1. The zero-order valence-electron chi connectivity index (χ0n) is 9.08. The number of phenolic OH excluding ortho intramolecular Hbond substituents is 2. The number of phenols is 2. The number of anilines is 1. The van der Waals surface area contributed by atoms with E-state index in [2.05, 4.69) is 10.4 Å². The second-order valence-electron chi connectivity index (χ2n) is 3.56. The maximum absolute atomic E-state index is 11.7. The first kappa shape index (κ1) is 11.0. The van der Waals surface area contributed by atoms with Gasteiger partial charge in [-0.15, -0.1) is 0 Å². The monoisotopic (exact) mass is 233 g/mol. The minimum absolute atomic E-state index is 0.254. The topological polar surface area (TPSA) is 87.4 Å². The van der Waals surface area contributed by atoms with Crippen LogP contribution in [0.5, 0.6) is 11.5 Å². The van der Waals surface area contributed by atoms with Crippen LogP contribution in [0.3, 0.4) is 0 Å². The number of rotatable bonds is 2. The van der Waals surface area contributed by atoms with Crippen LogP contribution in [0.25, 0.3) is 0 Å². The molecule has 0 aliphatic rings. The van der Waals surface area contributed by atoms with E-state index in [1.807, 2.05) is 0 Å². The molecule has 17 heavy (non-hydrogen) atoms. The predicted molar refractivity (Wildman–Crippen MR) is 60.9 cm³/mol. The maximum atomic E-state index is 11.7. The lowest BCUT2D eigenvalue weighted by molar-refractivity contribution is 0.102. The Morgan fingerprint density at radius 3 is 2.71 bits per heavy atom. The Morgan fingerprint density at radius 1 is 1.35 bits per heavy atom. The molecule has 6 heteroatoms. The number of hydrogen-bond donors (Lipinski definition) is 3. The fourth-order valence-corrected chi connectivity index (χ4v) is 1.35. The van der Waals surface area contributed by atoms with Gasteiger partial charge in [0.05, 0.1) is 11.9 Å². The van der Waals surface area contributed by atoms with Crippen LogP contribution in [0, 0.1) is 0 Å². The SMILES string of the molecule is Cn1cc(NC(=O)c2ccc(O)c(O)c2)cn1. The van der Waals surface area contributed by atoms with Crippen LogP contribution in [0.15, 0.2) is 30.6 Å². The molecule has 0 radical (unpaired) electrons. The summed E-state index contributed by atoms with van der Waals surface area (Å²) in [5.41, 5.74) is 0.814. The quantitative estimate of drug-likeness (QED) is 0.677. The number of hydrogen-bond acceptors (Lipinski definition) is 4. The van der Waals surface area contributed by atoms with Gasteiger partial charge < -0.3 is 15.5 Å². The molecule has 1 aromatic heterocycles. The van der Waals surface area contributed by atoms with Crippen LogP contribution in [0.4, 0.5) is 5.69 Å². The molecule has 6 nitrogen and oxygen atoms in total. The van der Waals surface area contributed by atoms with Crippen LogP contribution in [-0.4, -0.2) is 25.9 Å². The molecule has 1 aromatic carbocycles. The lowest BCUT2D eigenvalue weighted by Crippen LogP contribution is -2.11. The number of amides is 1. The van der Waals surface area contributed by atoms with E-state index in [0.29, 0.717) is 5.69 Å². The molecule has 88 valence electrons. The first-order valence-electron chi connectivity index (χ1n) is 4.88. The lowest BCUT2D eigenvalue weighted by atomic mass is 10.2. The number of carbonyl (C=O) groups excluding carboxylic acids is 1. The summed E-state index contributed by atoms with van der Waals surface area (Å²) in [6.07, 6.45) is 3.16. The Balaban J connectivity index is 2.17. The second kappa shape index (κ2) is 4.17. The molecule has 0 atom stereocenters. The summed E-state index contributed by atoms with van der Waals surface area (Å²) in [4.78, 5) is 11.7. The number of aromatic hydroxyl groups is 2. The summed E-state index contributed by atoms with van der Waals surface area (Å²) in [5.74, 6) is -0.972. The van der Waals surface area contributed by atoms with Crippen molar-refractivity contribution in [3.63, 3.8) is 0 Å². The summed E-state index contributed by atoms with van der Waals surface area (Å²) in [6, 6.07) is 3.87. The van der Waals surface area contributed by atoms with Gasteiger partial charge >= 0.3 is 0 Å². The van der Waals surface area contributed by atoms with Crippen molar-refractivity contribution < 1.29 is 15.0 Å². The lowest BCUT2D eigenvalue weighted by Gasteiger charge is -2.03. The Hall–Kier alpha value is -2.50. The third kappa shape index (κ3) is 2.36. The Kier molecular flexibility index (Phi) is 2.70. The molecule has 3 N–H and O–H groups in total. The number of benzene rings is 1. The van der Waals surface area contributed by atoms with E-state index in [1.165, 1.54) is 24.4 Å². The number of nitrogens with zero attached hydrogens (tertiary/aromatic N) is 2. The average Bonchev–Trinajstić information content (AvgIpc) is 2.68. The van der Waals surface area contributed by atoms with Gasteiger partial charge in [-0.2, -0.15) is 5.10 Å². The molecule has 0 saturated heterocycles. The van der Waals surface area contributed by atoms with Crippen molar-refractivity contribution in [3.8, 4) is 11.5 Å². The fraction of sp³-hybridized carbons (Fsp3) is 0.0909. The molecular formula is C11H11N3O3. The summed E-state index contributed by atoms with van der Waals surface area (Å²) >= 11 is 0. The molecular weight excluding hydrogens is 222 g/mol. The van der Waals surface area contributed by atoms with Crippen molar-refractivity contribution in [1.82, 2.24) is 9.78 Å². The number of nitrogens with one attached hydrogen (secondary N) is 1. The summed E-state index contributed by atoms with van der Waals surface area (Å²) in [6.45, 7) is 0. The smallest absolute Gasteiger partial charge is 0.255 e. The summed E-state index contributed by atoms with van der Waals surface area (Å²) < 4.78 is 1.56. The third-order valence-corrected chi connectivity index (χ3v) is 2.20. The van der Waals surface area contributed by atoms with E-state index >= 15 is 0 Å². The van der Waals surface area contributed by atoms with E-state index in [9.17, 15) is 9.90 Å². The van der Waals surface area contributed by atoms with Gasteiger partial charge in [0.1, 0.15) is 0 Å². The van der Waals surface area contributed by atoms with Crippen molar-refractivity contribution in [3.05, 3.63) is 36.2 Å². The number of carbonyl (C=O) groups is 1. The highest BCUT2D eigenvalue weighted by Crippen LogP contribution is 2.25. The minimum atomic E-state index is -0.381. The standard InChI is InChI=1S/C11H11N3O3/c1-14-6-8(5-12-14)13-11(17)7-2-3-9(15)10(16)4-7/h2-6,15-16H,1H3,(H,13,17). The van der Waals surface area contributed by atoms with Crippen molar-refractivity contribution in [1.29, 1.82) is 0 Å². The van der Waals surface area contributed by atoms with Crippen molar-refractivity contribution >= 4 is 11.6 Å². The third-order valence-electron chi connectivity index (χ3n) is 2.20. The molecule has 0 spiro atoms. The van der Waals surface area contributed by atoms with Crippen LogP contribution in [-0.2, 0) is 7.05 Å². The highest BCUT2D eigenvalue weighted by Gasteiger charge is 2.09. The molecule has 0 unspecified atom stereocenters. The van der Waals surface area contributed by atoms with Crippen molar-refractivity contribution in [2.45, 2.75) is 0 Å². The zero-order valence-corrected chi connectivity index (χ0v) is 9.08. The van der Waals surface area contributed by atoms with Crippen LogP contribution in [0.2, 0.25) is 0 Å². The van der Waals surface area contributed by atoms with Gasteiger partial charge in [0, 0.05) is 18.8 Å². The molecule has 0 fully saturated rings. The largest absolute Gasteiger partial charge is 0.504 e. The van der Waals surface area contributed by atoms with Crippen LogP contribution in [0.1, 0.15) is 10.4 Å². The minimum Gasteiger partial charge on any atom is -0.504 e. The molecule has 0 bridgehead atoms. The average molecular weight is 233 g/mol. The van der Waals surface area contributed by atoms with Crippen molar-refractivity contribution in [2.75, 3.05) is 5.32 Å². The zero-order chi connectivity index (χ0) is 12.4. The van der Waals surface area contributed by atoms with Gasteiger partial charge in [0.25, 0.3) is 5.91 Å². The Labute approximate surface area is 97.1 Å². The first-order valence-corrected chi connectivity index (χ1v) is 4.88. The predicted octanol–water partition coefficient (Wildman–Crippen LogP) is 1.08. The van der Waals surface area contributed by atoms with Crippen LogP contribution < -0.4 is 5.32 Å². The van der Waals surface area contributed by atoms with E-state index in [-0.39, 0.29) is 23.0 Å². The number of aromatic nitrogens is 2. The van der Waals surface area contributed by atoms with E-state index in [4.69, 9.17) is 5.11 Å². The molecule has 0 saturated carbocycles. The van der Waals surface area contributed by atoms with Gasteiger partial charge in [-0.1, -0.05) is 0 Å².